The fourth-order valence-corrected chi connectivity index (χ4v) is 6.50. The number of carboxylic acid groups (broad SMARTS) is 1. The van der Waals surface area contributed by atoms with Crippen molar-refractivity contribution in [3.05, 3.63) is 71.3 Å². The highest BCUT2D eigenvalue weighted by molar-refractivity contribution is 5.89. The first-order valence-electron chi connectivity index (χ1n) is 15.6. The average Bonchev–Trinajstić information content (AvgIpc) is 3.58. The minimum atomic E-state index is -4.84. The predicted molar refractivity (Wildman–Crippen MR) is 160 cm³/mol. The minimum absolute atomic E-state index is 0.0959. The number of nitrogens with zero attached hydrogens (tertiary/aromatic N) is 3. The highest BCUT2D eigenvalue weighted by Gasteiger charge is 2.44. The molecule has 46 heavy (non-hydrogen) atoms. The molecule has 0 amide bonds. The number of aromatic carboxylic acids is 1. The molecular formula is C34H36F3N3O6. The molecule has 0 spiro atoms. The lowest BCUT2D eigenvalue weighted by molar-refractivity contribution is -0.274. The summed E-state index contributed by atoms with van der Waals surface area (Å²) in [4.78, 5) is 16.1. The number of alkyl halides is 3. The fourth-order valence-electron chi connectivity index (χ4n) is 6.50. The molecule has 2 aliphatic rings. The van der Waals surface area contributed by atoms with E-state index in [0.717, 1.165) is 51.4 Å². The molecule has 2 aromatic carbocycles. The van der Waals surface area contributed by atoms with Crippen molar-refractivity contribution >= 4 is 5.97 Å². The molecule has 1 N–H and O–H groups in total. The first kappa shape index (κ1) is 31.8. The Morgan fingerprint density at radius 3 is 2.50 bits per heavy atom. The Morgan fingerprint density at radius 1 is 1.04 bits per heavy atom. The first-order valence-corrected chi connectivity index (χ1v) is 15.6. The highest BCUT2D eigenvalue weighted by atomic mass is 19.4. The van der Waals surface area contributed by atoms with E-state index in [-0.39, 0.29) is 40.2 Å². The number of carbonyl (C=O) groups is 1. The van der Waals surface area contributed by atoms with Crippen LogP contribution in [-0.4, -0.2) is 39.3 Å². The van der Waals surface area contributed by atoms with Crippen molar-refractivity contribution in [2.45, 2.75) is 89.5 Å². The number of benzene rings is 2. The summed E-state index contributed by atoms with van der Waals surface area (Å²) in [6.45, 7) is 4.89. The van der Waals surface area contributed by atoms with Crippen LogP contribution in [0.2, 0.25) is 0 Å². The molecule has 0 unspecified atom stereocenters. The molecule has 2 heterocycles. The monoisotopic (exact) mass is 639 g/mol. The number of para-hydroxylation sites is 1. The summed E-state index contributed by atoms with van der Waals surface area (Å²) in [6.07, 6.45) is 2.25. The van der Waals surface area contributed by atoms with Crippen LogP contribution in [0, 0.1) is 5.41 Å². The van der Waals surface area contributed by atoms with Gasteiger partial charge in [0.1, 0.15) is 17.2 Å². The molecule has 6 rings (SSSR count). The van der Waals surface area contributed by atoms with Gasteiger partial charge in [-0.3, -0.25) is 0 Å². The Labute approximate surface area is 264 Å². The zero-order valence-corrected chi connectivity index (χ0v) is 25.7. The molecule has 0 atom stereocenters. The quantitative estimate of drug-likeness (QED) is 0.162. The van der Waals surface area contributed by atoms with Gasteiger partial charge in [-0.15, -0.1) is 13.2 Å². The van der Waals surface area contributed by atoms with Crippen molar-refractivity contribution < 1.29 is 41.6 Å². The highest BCUT2D eigenvalue weighted by Crippen LogP contribution is 2.50. The Kier molecular flexibility index (Phi) is 8.66. The van der Waals surface area contributed by atoms with Crippen LogP contribution < -0.4 is 4.74 Å². The summed E-state index contributed by atoms with van der Waals surface area (Å²) in [6, 6.07) is 12.4. The van der Waals surface area contributed by atoms with Crippen LogP contribution in [0.1, 0.15) is 98.7 Å². The van der Waals surface area contributed by atoms with Gasteiger partial charge >= 0.3 is 12.3 Å². The Hall–Kier alpha value is -4.19. The molecule has 2 saturated carbocycles. The molecule has 0 bridgehead atoms. The number of hydrogen-bond acceptors (Lipinski definition) is 8. The second-order valence-corrected chi connectivity index (χ2v) is 12.8. The van der Waals surface area contributed by atoms with E-state index in [0.29, 0.717) is 40.9 Å². The van der Waals surface area contributed by atoms with Crippen LogP contribution in [0.4, 0.5) is 13.2 Å². The zero-order valence-electron chi connectivity index (χ0n) is 25.7. The predicted octanol–water partition coefficient (Wildman–Crippen LogP) is 8.70. The normalized spacial score (nSPS) is 21.8. The third-order valence-corrected chi connectivity index (χ3v) is 9.29. The lowest BCUT2D eigenvalue weighted by Crippen LogP contribution is -2.38. The molecule has 9 nitrogen and oxygen atoms in total. The van der Waals surface area contributed by atoms with Crippen LogP contribution >= 0.6 is 0 Å². The van der Waals surface area contributed by atoms with Gasteiger partial charge in [-0.1, -0.05) is 54.8 Å². The van der Waals surface area contributed by atoms with Gasteiger partial charge in [-0.2, -0.15) is 4.98 Å². The molecule has 0 saturated heterocycles. The second-order valence-electron chi connectivity index (χ2n) is 12.8. The topological polar surface area (TPSA) is 121 Å². The number of hydrogen-bond donors (Lipinski definition) is 1. The van der Waals surface area contributed by atoms with Crippen molar-refractivity contribution in [3.63, 3.8) is 0 Å². The van der Waals surface area contributed by atoms with E-state index < -0.39 is 12.3 Å². The van der Waals surface area contributed by atoms with E-state index in [4.69, 9.17) is 13.8 Å². The summed E-state index contributed by atoms with van der Waals surface area (Å²) >= 11 is 0. The van der Waals surface area contributed by atoms with Crippen LogP contribution in [0.25, 0.3) is 22.6 Å². The smallest absolute Gasteiger partial charge is 0.478 e. The van der Waals surface area contributed by atoms with Crippen molar-refractivity contribution in [1.29, 1.82) is 0 Å². The van der Waals surface area contributed by atoms with Crippen molar-refractivity contribution in [2.75, 3.05) is 6.61 Å². The first-order chi connectivity index (χ1) is 22.0. The molecule has 2 aromatic heterocycles. The number of aromatic nitrogens is 3. The molecule has 0 aliphatic heterocycles. The maximum absolute atomic E-state index is 13.2. The Morgan fingerprint density at radius 2 is 1.80 bits per heavy atom. The van der Waals surface area contributed by atoms with E-state index in [1.807, 2.05) is 0 Å². The fraction of sp³-hybridized carbons (Fsp3) is 0.471. The van der Waals surface area contributed by atoms with Crippen molar-refractivity contribution in [3.8, 4) is 28.4 Å². The summed E-state index contributed by atoms with van der Waals surface area (Å²) in [5, 5.41) is 17.7. The zero-order chi connectivity index (χ0) is 32.5. The van der Waals surface area contributed by atoms with E-state index in [1.54, 1.807) is 24.3 Å². The molecule has 0 radical (unpaired) electrons. The largest absolute Gasteiger partial charge is 0.573 e. The van der Waals surface area contributed by atoms with Gasteiger partial charge in [0.25, 0.3) is 0 Å². The third kappa shape index (κ3) is 6.81. The molecule has 12 heteroatoms. The Balaban J connectivity index is 1.16. The summed E-state index contributed by atoms with van der Waals surface area (Å²) in [7, 11) is 0. The van der Waals surface area contributed by atoms with Crippen LogP contribution in [0.15, 0.2) is 57.6 Å². The standard InChI is InChI=1S/C34H36F3N3O6/c1-3-13-33(16-14-32(2,15-17-33)31-38-29(40-46-31)22-7-6-8-23(18-22)30(41)42)20-43-19-25-27(39-45-28(25)21-11-12-21)24-9-4-5-10-26(24)44-34(35,36)37/h4-10,18,21H,3,11-17,19-20H2,1-2H3,(H,41,42). The summed E-state index contributed by atoms with van der Waals surface area (Å²) < 4.78 is 61.6. The van der Waals surface area contributed by atoms with Gasteiger partial charge in [-0.05, 0) is 74.6 Å². The molecule has 244 valence electrons. The summed E-state index contributed by atoms with van der Waals surface area (Å²) in [5.74, 6) is 0.367. The molecule has 2 aliphatic carbocycles. The number of halogens is 3. The van der Waals surface area contributed by atoms with Gasteiger partial charge in [0, 0.05) is 28.0 Å². The van der Waals surface area contributed by atoms with Crippen LogP contribution in [0.3, 0.4) is 0 Å². The van der Waals surface area contributed by atoms with Gasteiger partial charge in [0.2, 0.25) is 11.7 Å². The summed E-state index contributed by atoms with van der Waals surface area (Å²) in [5.41, 5.74) is 1.46. The number of carboxylic acids is 1. The average molecular weight is 640 g/mol. The Bertz CT molecular complexity index is 1680. The van der Waals surface area contributed by atoms with E-state index in [2.05, 4.69) is 33.9 Å². The van der Waals surface area contributed by atoms with E-state index in [1.165, 1.54) is 24.3 Å². The van der Waals surface area contributed by atoms with Crippen molar-refractivity contribution in [2.24, 2.45) is 5.41 Å². The molecule has 2 fully saturated rings. The van der Waals surface area contributed by atoms with E-state index >= 15 is 0 Å². The number of rotatable bonds is 12. The van der Waals surface area contributed by atoms with Gasteiger partial charge in [0.15, 0.2) is 0 Å². The molecule has 4 aromatic rings. The third-order valence-electron chi connectivity index (χ3n) is 9.29. The second kappa shape index (κ2) is 12.5. The van der Waals surface area contributed by atoms with Crippen LogP contribution in [-0.2, 0) is 16.8 Å². The van der Waals surface area contributed by atoms with E-state index in [9.17, 15) is 23.1 Å². The maximum atomic E-state index is 13.2. The SMILES string of the molecule is CCCC1(COCc2c(-c3ccccc3OC(F)(F)F)noc2C2CC2)CCC(C)(c2nc(-c3cccc(C(=O)O)c3)no2)CC1. The lowest BCUT2D eigenvalue weighted by atomic mass is 9.63. The van der Waals surface area contributed by atoms with Crippen LogP contribution in [0.5, 0.6) is 5.75 Å². The lowest BCUT2D eigenvalue weighted by Gasteiger charge is -2.43. The maximum Gasteiger partial charge on any atom is 0.573 e. The van der Waals surface area contributed by atoms with Crippen molar-refractivity contribution in [1.82, 2.24) is 15.3 Å². The number of ether oxygens (including phenoxy) is 2. The minimum Gasteiger partial charge on any atom is -0.478 e. The van der Waals surface area contributed by atoms with Gasteiger partial charge in [0.05, 0.1) is 18.8 Å². The molecular weight excluding hydrogens is 603 g/mol. The van der Waals surface area contributed by atoms with Gasteiger partial charge in [-0.25, -0.2) is 4.79 Å². The van der Waals surface area contributed by atoms with Gasteiger partial charge < -0.3 is 23.6 Å².